The summed E-state index contributed by atoms with van der Waals surface area (Å²) in [7, 11) is 0. The fourth-order valence-corrected chi connectivity index (χ4v) is 4.58. The lowest BCUT2D eigenvalue weighted by molar-refractivity contribution is 0.345. The zero-order valence-corrected chi connectivity index (χ0v) is 16.1. The molecule has 1 aromatic heterocycles. The minimum atomic E-state index is 0.0890. The van der Waals surface area contributed by atoms with Crippen molar-refractivity contribution in [2.24, 2.45) is 0 Å². The van der Waals surface area contributed by atoms with E-state index in [9.17, 15) is 0 Å². The highest BCUT2D eigenvalue weighted by molar-refractivity contribution is 7.97. The van der Waals surface area contributed by atoms with Gasteiger partial charge in [0.05, 0.1) is 11.0 Å². The molecule has 0 spiro atoms. The summed E-state index contributed by atoms with van der Waals surface area (Å²) in [5, 5.41) is 2.23. The van der Waals surface area contributed by atoms with Crippen molar-refractivity contribution < 1.29 is 0 Å². The van der Waals surface area contributed by atoms with Crippen LogP contribution in [0.3, 0.4) is 0 Å². The third-order valence-electron chi connectivity index (χ3n) is 5.35. The van der Waals surface area contributed by atoms with Gasteiger partial charge in [-0.1, -0.05) is 74.2 Å². The molecule has 1 saturated carbocycles. The second-order valence-corrected chi connectivity index (χ2v) is 7.40. The van der Waals surface area contributed by atoms with Crippen LogP contribution in [0.2, 0.25) is 0 Å². The van der Waals surface area contributed by atoms with Crippen LogP contribution in [0, 0.1) is 0 Å². The molecule has 132 valence electrons. The summed E-state index contributed by atoms with van der Waals surface area (Å²) in [4.78, 5) is 3.51. The highest BCUT2D eigenvalue weighted by Gasteiger charge is 2.36. The van der Waals surface area contributed by atoms with E-state index in [0.29, 0.717) is 0 Å². The number of rotatable bonds is 5. The largest absolute Gasteiger partial charge is 0.359 e. The van der Waals surface area contributed by atoms with Crippen molar-refractivity contribution >= 4 is 24.2 Å². The summed E-state index contributed by atoms with van der Waals surface area (Å²) in [6.07, 6.45) is 14.7. The molecular weight excluding hydrogens is 324 g/mol. The van der Waals surface area contributed by atoms with Gasteiger partial charge in [-0.2, -0.15) is 0 Å². The minimum absolute atomic E-state index is 0.0890. The molecule has 0 unspecified atom stereocenters. The van der Waals surface area contributed by atoms with Gasteiger partial charge in [0, 0.05) is 17.9 Å². The van der Waals surface area contributed by atoms with Crippen LogP contribution < -0.4 is 15.3 Å². The summed E-state index contributed by atoms with van der Waals surface area (Å²) in [6.45, 7) is 6.52. The lowest BCUT2D eigenvalue weighted by atomic mass is 9.65. The molecule has 0 amide bonds. The second kappa shape index (κ2) is 8.01. The number of nitrogens with one attached hydrogen (secondary N) is 2. The molecule has 2 nitrogen and oxygen atoms in total. The first-order valence-corrected chi connectivity index (χ1v) is 10.3. The SMILES string of the molecule is C=c1c(C2(c3ccccc3)CCCCC2)c[nH]/c1=C(/C=C\C)NSC. The zero-order valence-electron chi connectivity index (χ0n) is 15.3. The van der Waals surface area contributed by atoms with Crippen molar-refractivity contribution in [3.05, 3.63) is 70.4 Å². The van der Waals surface area contributed by atoms with E-state index in [0.717, 1.165) is 16.3 Å². The molecule has 3 heteroatoms. The van der Waals surface area contributed by atoms with E-state index < -0.39 is 0 Å². The van der Waals surface area contributed by atoms with Gasteiger partial charge in [-0.25, -0.2) is 0 Å². The molecule has 2 N–H and O–H groups in total. The lowest BCUT2D eigenvalue weighted by Crippen LogP contribution is -2.38. The van der Waals surface area contributed by atoms with Gasteiger partial charge in [0.1, 0.15) is 0 Å². The maximum atomic E-state index is 4.48. The molecule has 2 aromatic rings. The Balaban J connectivity index is 2.19. The van der Waals surface area contributed by atoms with E-state index in [1.807, 2.05) is 13.2 Å². The molecule has 25 heavy (non-hydrogen) atoms. The summed E-state index contributed by atoms with van der Waals surface area (Å²) in [5.41, 5.74) is 3.96. The highest BCUT2D eigenvalue weighted by atomic mass is 32.2. The predicted molar refractivity (Wildman–Crippen MR) is 111 cm³/mol. The molecule has 1 fully saturated rings. The third kappa shape index (κ3) is 3.43. The van der Waals surface area contributed by atoms with Crippen LogP contribution in [-0.4, -0.2) is 11.2 Å². The van der Waals surface area contributed by atoms with Gasteiger partial charge >= 0.3 is 0 Å². The Bertz CT molecular complexity index is 827. The van der Waals surface area contributed by atoms with Gasteiger partial charge in [0.25, 0.3) is 0 Å². The summed E-state index contributed by atoms with van der Waals surface area (Å²) < 4.78 is 3.38. The van der Waals surface area contributed by atoms with Gasteiger partial charge in [0.2, 0.25) is 0 Å². The normalized spacial score (nSPS) is 18.3. The van der Waals surface area contributed by atoms with E-state index in [1.54, 1.807) is 11.9 Å². The van der Waals surface area contributed by atoms with E-state index in [1.165, 1.54) is 43.2 Å². The molecule has 0 saturated heterocycles. The van der Waals surface area contributed by atoms with Crippen LogP contribution in [-0.2, 0) is 5.41 Å². The fourth-order valence-electron chi connectivity index (χ4n) is 4.19. The highest BCUT2D eigenvalue weighted by Crippen LogP contribution is 2.43. The molecule has 0 atom stereocenters. The van der Waals surface area contributed by atoms with E-state index in [-0.39, 0.29) is 5.41 Å². The number of H-pyrrole nitrogens is 1. The molecule has 3 rings (SSSR count). The van der Waals surface area contributed by atoms with Crippen molar-refractivity contribution in [3.8, 4) is 0 Å². The number of hydrogen-bond donors (Lipinski definition) is 2. The number of benzene rings is 1. The molecule has 1 aromatic carbocycles. The topological polar surface area (TPSA) is 27.8 Å². The monoisotopic (exact) mass is 352 g/mol. The smallest absolute Gasteiger partial charge is 0.0695 e. The third-order valence-corrected chi connectivity index (χ3v) is 5.78. The standard InChI is InChI=1S/C22H28N2S/c1-4-11-20(24-25-3)21-17(2)19(16-23-21)22(14-9-6-10-15-22)18-12-7-5-8-13-18/h4-5,7-8,11-13,16,23-24H,2,6,9-10,14-15H2,1,3H3/b11-4-,21-20-. The number of aromatic amines is 1. The molecule has 0 bridgehead atoms. The average molecular weight is 353 g/mol. The lowest BCUT2D eigenvalue weighted by Gasteiger charge is -2.38. The van der Waals surface area contributed by atoms with Crippen LogP contribution >= 0.6 is 11.9 Å². The molecular formula is C22H28N2S. The van der Waals surface area contributed by atoms with Crippen molar-refractivity contribution in [2.45, 2.75) is 44.4 Å². The molecule has 0 radical (unpaired) electrons. The van der Waals surface area contributed by atoms with Crippen LogP contribution in [0.5, 0.6) is 0 Å². The van der Waals surface area contributed by atoms with Crippen LogP contribution in [0.25, 0.3) is 12.3 Å². The van der Waals surface area contributed by atoms with Gasteiger partial charge in [-0.05, 0) is 42.2 Å². The molecule has 1 aliphatic carbocycles. The maximum Gasteiger partial charge on any atom is 0.0695 e. The molecule has 0 aliphatic heterocycles. The van der Waals surface area contributed by atoms with Crippen molar-refractivity contribution in [1.29, 1.82) is 0 Å². The Labute approximate surface area is 155 Å². The number of hydrogen-bond acceptors (Lipinski definition) is 2. The number of allylic oxidation sites excluding steroid dienone is 1. The van der Waals surface area contributed by atoms with E-state index in [4.69, 9.17) is 0 Å². The van der Waals surface area contributed by atoms with Gasteiger partial charge in [0.15, 0.2) is 0 Å². The van der Waals surface area contributed by atoms with Crippen molar-refractivity contribution in [3.63, 3.8) is 0 Å². The molecule has 1 aliphatic rings. The summed E-state index contributed by atoms with van der Waals surface area (Å²) in [6, 6.07) is 11.0. The predicted octanol–water partition coefficient (Wildman–Crippen LogP) is 4.23. The van der Waals surface area contributed by atoms with E-state index in [2.05, 4.69) is 65.0 Å². The van der Waals surface area contributed by atoms with Crippen LogP contribution in [0.15, 0.2) is 48.7 Å². The first-order chi connectivity index (χ1) is 12.2. The van der Waals surface area contributed by atoms with Gasteiger partial charge in [-0.3, -0.25) is 0 Å². The minimum Gasteiger partial charge on any atom is -0.359 e. The summed E-state index contributed by atoms with van der Waals surface area (Å²) in [5.74, 6) is 0. The Morgan fingerprint density at radius 1 is 1.20 bits per heavy atom. The van der Waals surface area contributed by atoms with E-state index >= 15 is 0 Å². The average Bonchev–Trinajstić information content (AvgIpc) is 3.05. The maximum absolute atomic E-state index is 4.48. The quantitative estimate of drug-likeness (QED) is 0.788. The van der Waals surface area contributed by atoms with Gasteiger partial charge < -0.3 is 9.71 Å². The van der Waals surface area contributed by atoms with Crippen molar-refractivity contribution in [2.75, 3.05) is 6.26 Å². The first kappa shape index (κ1) is 17.9. The fraction of sp³-hybridized carbons (Fsp3) is 0.364. The molecule has 1 heterocycles. The Morgan fingerprint density at radius 2 is 1.92 bits per heavy atom. The van der Waals surface area contributed by atoms with Crippen molar-refractivity contribution in [1.82, 2.24) is 9.71 Å². The van der Waals surface area contributed by atoms with Crippen LogP contribution in [0.4, 0.5) is 0 Å². The van der Waals surface area contributed by atoms with Gasteiger partial charge in [-0.15, -0.1) is 0 Å². The Kier molecular flexibility index (Phi) is 5.74. The number of aromatic nitrogens is 1. The zero-order chi connectivity index (χ0) is 17.7. The van der Waals surface area contributed by atoms with Crippen LogP contribution in [0.1, 0.15) is 50.2 Å². The Morgan fingerprint density at radius 3 is 2.56 bits per heavy atom. The first-order valence-electron chi connectivity index (χ1n) is 9.11. The summed E-state index contributed by atoms with van der Waals surface area (Å²) >= 11 is 1.61. The Hall–Kier alpha value is -1.87. The second-order valence-electron chi connectivity index (χ2n) is 6.78.